The van der Waals surface area contributed by atoms with Gasteiger partial charge >= 0.3 is 6.09 Å². The van der Waals surface area contributed by atoms with Crippen molar-refractivity contribution in [3.63, 3.8) is 0 Å². The molecule has 0 radical (unpaired) electrons. The van der Waals surface area contributed by atoms with Crippen molar-refractivity contribution >= 4 is 23.4 Å². The van der Waals surface area contributed by atoms with Gasteiger partial charge in [-0.25, -0.2) is 9.48 Å². The van der Waals surface area contributed by atoms with Crippen LogP contribution in [0.4, 0.5) is 16.2 Å². The Hall–Kier alpha value is -3.61. The van der Waals surface area contributed by atoms with Crippen LogP contribution in [0.5, 0.6) is 0 Å². The van der Waals surface area contributed by atoms with Gasteiger partial charge in [-0.15, -0.1) is 0 Å². The van der Waals surface area contributed by atoms with Crippen LogP contribution in [0.2, 0.25) is 0 Å². The van der Waals surface area contributed by atoms with Crippen molar-refractivity contribution in [2.75, 3.05) is 17.7 Å². The van der Waals surface area contributed by atoms with E-state index >= 15 is 0 Å². The van der Waals surface area contributed by atoms with Crippen molar-refractivity contribution < 1.29 is 14.3 Å². The standard InChI is InChI=1S/C19H18N4O3/c1-13-11-12-20-23(13)17-9-3-14(4-10-17)18(24)21-15-5-7-16(8-6-15)22-19(25)26-2/h3-12H,1-2H3,(H,21,24)(H,22,25). The van der Waals surface area contributed by atoms with Gasteiger partial charge in [0, 0.05) is 28.8 Å². The second kappa shape index (κ2) is 7.52. The Kier molecular flexibility index (Phi) is 4.98. The first-order valence-corrected chi connectivity index (χ1v) is 7.94. The lowest BCUT2D eigenvalue weighted by molar-refractivity contribution is 0.102. The van der Waals surface area contributed by atoms with E-state index in [-0.39, 0.29) is 5.91 Å². The molecule has 0 aliphatic rings. The summed E-state index contributed by atoms with van der Waals surface area (Å²) in [6, 6.07) is 15.9. The number of amides is 2. The fourth-order valence-corrected chi connectivity index (χ4v) is 2.40. The maximum Gasteiger partial charge on any atom is 0.411 e. The second-order valence-electron chi connectivity index (χ2n) is 5.58. The fraction of sp³-hybridized carbons (Fsp3) is 0.105. The first-order chi connectivity index (χ1) is 12.6. The highest BCUT2D eigenvalue weighted by atomic mass is 16.5. The van der Waals surface area contributed by atoms with Crippen molar-refractivity contribution in [3.05, 3.63) is 72.1 Å². The molecule has 132 valence electrons. The zero-order valence-corrected chi connectivity index (χ0v) is 14.4. The van der Waals surface area contributed by atoms with Gasteiger partial charge in [0.15, 0.2) is 0 Å². The maximum absolute atomic E-state index is 12.4. The van der Waals surface area contributed by atoms with E-state index in [0.717, 1.165) is 11.4 Å². The Balaban J connectivity index is 1.66. The molecule has 1 heterocycles. The van der Waals surface area contributed by atoms with Crippen LogP contribution in [0.3, 0.4) is 0 Å². The second-order valence-corrected chi connectivity index (χ2v) is 5.58. The highest BCUT2D eigenvalue weighted by molar-refractivity contribution is 6.04. The minimum absolute atomic E-state index is 0.220. The number of hydrogen-bond donors (Lipinski definition) is 2. The van der Waals surface area contributed by atoms with E-state index in [4.69, 9.17) is 0 Å². The zero-order valence-electron chi connectivity index (χ0n) is 14.4. The number of nitrogens with one attached hydrogen (secondary N) is 2. The molecule has 7 nitrogen and oxygen atoms in total. The lowest BCUT2D eigenvalue weighted by Gasteiger charge is -2.08. The minimum Gasteiger partial charge on any atom is -0.453 e. The molecule has 0 unspecified atom stereocenters. The summed E-state index contributed by atoms with van der Waals surface area (Å²) in [5.41, 5.74) is 3.65. The smallest absolute Gasteiger partial charge is 0.411 e. The summed E-state index contributed by atoms with van der Waals surface area (Å²) in [5.74, 6) is -0.220. The highest BCUT2D eigenvalue weighted by Gasteiger charge is 2.08. The summed E-state index contributed by atoms with van der Waals surface area (Å²) in [6.07, 6.45) is 1.18. The number of nitrogens with zero attached hydrogens (tertiary/aromatic N) is 2. The van der Waals surface area contributed by atoms with Crippen molar-refractivity contribution in [3.8, 4) is 5.69 Å². The molecule has 2 aromatic carbocycles. The van der Waals surface area contributed by atoms with E-state index in [1.165, 1.54) is 7.11 Å². The van der Waals surface area contributed by atoms with Gasteiger partial charge in [0.1, 0.15) is 0 Å². The van der Waals surface area contributed by atoms with Crippen LogP contribution in [-0.2, 0) is 4.74 Å². The number of methoxy groups -OCH3 is 1. The quantitative estimate of drug-likeness (QED) is 0.753. The van der Waals surface area contributed by atoms with Gasteiger partial charge in [-0.1, -0.05) is 0 Å². The van der Waals surface area contributed by atoms with Gasteiger partial charge in [0.25, 0.3) is 5.91 Å². The molecule has 1 aromatic heterocycles. The minimum atomic E-state index is -0.547. The molecule has 3 rings (SSSR count). The van der Waals surface area contributed by atoms with Gasteiger partial charge in [0.2, 0.25) is 0 Å². The van der Waals surface area contributed by atoms with Gasteiger partial charge in [0.05, 0.1) is 12.8 Å². The third-order valence-corrected chi connectivity index (χ3v) is 3.78. The predicted molar refractivity (Wildman–Crippen MR) is 98.7 cm³/mol. The van der Waals surface area contributed by atoms with Crippen molar-refractivity contribution in [1.29, 1.82) is 0 Å². The summed E-state index contributed by atoms with van der Waals surface area (Å²) in [4.78, 5) is 23.5. The van der Waals surface area contributed by atoms with E-state index in [1.54, 1.807) is 47.3 Å². The molecule has 0 saturated heterocycles. The number of ether oxygens (including phenoxy) is 1. The molecule has 0 aliphatic heterocycles. The van der Waals surface area contributed by atoms with E-state index in [9.17, 15) is 9.59 Å². The average molecular weight is 350 g/mol. The number of aromatic nitrogens is 2. The lowest BCUT2D eigenvalue weighted by Crippen LogP contribution is -2.13. The van der Waals surface area contributed by atoms with Gasteiger partial charge < -0.3 is 10.1 Å². The molecule has 26 heavy (non-hydrogen) atoms. The molecule has 0 saturated carbocycles. The van der Waals surface area contributed by atoms with Gasteiger partial charge in [-0.2, -0.15) is 5.10 Å². The Bertz CT molecular complexity index is 915. The number of rotatable bonds is 4. The Morgan fingerprint density at radius 3 is 2.08 bits per heavy atom. The molecule has 0 spiro atoms. The van der Waals surface area contributed by atoms with Gasteiger partial charge in [-0.05, 0) is 61.5 Å². The topological polar surface area (TPSA) is 85.3 Å². The van der Waals surface area contributed by atoms with Crippen LogP contribution in [0.25, 0.3) is 5.69 Å². The van der Waals surface area contributed by atoms with E-state index < -0.39 is 6.09 Å². The van der Waals surface area contributed by atoms with E-state index in [2.05, 4.69) is 20.5 Å². The SMILES string of the molecule is COC(=O)Nc1ccc(NC(=O)c2ccc(-n3nccc3C)cc2)cc1. The monoisotopic (exact) mass is 350 g/mol. The molecule has 3 aromatic rings. The highest BCUT2D eigenvalue weighted by Crippen LogP contribution is 2.16. The molecule has 0 fully saturated rings. The predicted octanol–water partition coefficient (Wildman–Crippen LogP) is 3.61. The summed E-state index contributed by atoms with van der Waals surface area (Å²) in [5, 5.41) is 9.60. The van der Waals surface area contributed by atoms with Crippen LogP contribution in [0.1, 0.15) is 16.1 Å². The molecule has 0 atom stereocenters. The summed E-state index contributed by atoms with van der Waals surface area (Å²) in [6.45, 7) is 1.96. The number of carbonyl (C=O) groups is 2. The van der Waals surface area contributed by atoms with Crippen LogP contribution in [0, 0.1) is 6.92 Å². The molecule has 2 amide bonds. The third-order valence-electron chi connectivity index (χ3n) is 3.78. The zero-order chi connectivity index (χ0) is 18.5. The van der Waals surface area contributed by atoms with Crippen LogP contribution < -0.4 is 10.6 Å². The molecule has 0 aliphatic carbocycles. The van der Waals surface area contributed by atoms with Crippen LogP contribution in [0.15, 0.2) is 60.8 Å². The molecule has 2 N–H and O–H groups in total. The Morgan fingerprint density at radius 1 is 0.923 bits per heavy atom. The first kappa shape index (κ1) is 17.2. The fourth-order valence-electron chi connectivity index (χ4n) is 2.40. The normalized spacial score (nSPS) is 10.2. The number of aryl methyl sites for hydroxylation is 1. The summed E-state index contributed by atoms with van der Waals surface area (Å²) >= 11 is 0. The molecule has 7 heteroatoms. The summed E-state index contributed by atoms with van der Waals surface area (Å²) in [7, 11) is 1.29. The molecular weight excluding hydrogens is 332 g/mol. The number of benzene rings is 2. The molecular formula is C19H18N4O3. The van der Waals surface area contributed by atoms with Crippen molar-refractivity contribution in [2.45, 2.75) is 6.92 Å². The number of hydrogen-bond acceptors (Lipinski definition) is 4. The largest absolute Gasteiger partial charge is 0.453 e. The number of anilines is 2. The van der Waals surface area contributed by atoms with Crippen molar-refractivity contribution in [2.24, 2.45) is 0 Å². The number of carbonyl (C=O) groups excluding carboxylic acids is 2. The van der Waals surface area contributed by atoms with Gasteiger partial charge in [-0.3, -0.25) is 10.1 Å². The summed E-state index contributed by atoms with van der Waals surface area (Å²) < 4.78 is 6.32. The van der Waals surface area contributed by atoms with E-state index in [1.807, 2.05) is 25.1 Å². The third kappa shape index (κ3) is 3.89. The van der Waals surface area contributed by atoms with Crippen LogP contribution in [-0.4, -0.2) is 28.9 Å². The van der Waals surface area contributed by atoms with Crippen molar-refractivity contribution in [1.82, 2.24) is 9.78 Å². The van der Waals surface area contributed by atoms with E-state index in [0.29, 0.717) is 16.9 Å². The molecule has 0 bridgehead atoms. The maximum atomic E-state index is 12.4. The Labute approximate surface area is 150 Å². The lowest BCUT2D eigenvalue weighted by atomic mass is 10.2. The van der Waals surface area contributed by atoms with Crippen LogP contribution >= 0.6 is 0 Å². The Morgan fingerprint density at radius 2 is 1.54 bits per heavy atom. The first-order valence-electron chi connectivity index (χ1n) is 7.94. The average Bonchev–Trinajstić information content (AvgIpc) is 3.09.